The fraction of sp³-hybridized carbons (Fsp3) is 0.0175. The predicted octanol–water partition coefficient (Wildman–Crippen LogP) is 14.8. The Morgan fingerprint density at radius 2 is 1.03 bits per heavy atom. The second-order valence-electron chi connectivity index (χ2n) is 16.1. The summed E-state index contributed by atoms with van der Waals surface area (Å²) in [4.78, 5) is 10.9. The molecule has 5 nitrogen and oxygen atoms in total. The molecule has 0 aliphatic carbocycles. The van der Waals surface area contributed by atoms with Crippen molar-refractivity contribution >= 4 is 87.9 Å². The molecule has 3 heterocycles. The highest BCUT2D eigenvalue weighted by molar-refractivity contribution is 6.20. The molecule has 62 heavy (non-hydrogen) atoms. The van der Waals surface area contributed by atoms with Gasteiger partial charge in [0.2, 0.25) is 0 Å². The van der Waals surface area contributed by atoms with Crippen LogP contribution >= 0.6 is 0 Å². The molecular weight excluding hydrogens is 759 g/mol. The number of furan rings is 2. The lowest BCUT2D eigenvalue weighted by atomic mass is 9.90. The Morgan fingerprint density at radius 3 is 1.90 bits per heavy atom. The summed E-state index contributed by atoms with van der Waals surface area (Å²) in [5, 5.41) is 15.1. The number of nitrogens with zero attached hydrogens (tertiary/aromatic N) is 2. The highest BCUT2D eigenvalue weighted by Crippen LogP contribution is 2.43. The molecule has 12 aromatic rings. The summed E-state index contributed by atoms with van der Waals surface area (Å²) in [6.45, 7) is 0. The van der Waals surface area contributed by atoms with Gasteiger partial charge in [0, 0.05) is 38.2 Å². The molecule has 290 valence electrons. The zero-order valence-corrected chi connectivity index (χ0v) is 33.3. The minimum atomic E-state index is -0.491. The largest absolute Gasteiger partial charge is 0.456 e. The second-order valence-corrected chi connectivity index (χ2v) is 16.1. The van der Waals surface area contributed by atoms with Gasteiger partial charge in [0.15, 0.2) is 12.0 Å². The zero-order chi connectivity index (χ0) is 40.7. The molecule has 0 amide bonds. The Labute approximate surface area is 355 Å². The molecule has 0 fully saturated rings. The zero-order valence-electron chi connectivity index (χ0n) is 33.3. The van der Waals surface area contributed by atoms with Crippen LogP contribution in [-0.2, 0) is 0 Å². The van der Waals surface area contributed by atoms with Crippen molar-refractivity contribution in [1.29, 1.82) is 0 Å². The first kappa shape index (κ1) is 34.6. The first-order valence-corrected chi connectivity index (χ1v) is 21.0. The topological polar surface area (TPSA) is 63.0 Å². The van der Waals surface area contributed by atoms with E-state index in [-0.39, 0.29) is 0 Å². The summed E-state index contributed by atoms with van der Waals surface area (Å²) in [7, 11) is 0. The monoisotopic (exact) mass is 793 g/mol. The summed E-state index contributed by atoms with van der Waals surface area (Å²) in [6, 6.07) is 70.5. The van der Waals surface area contributed by atoms with Gasteiger partial charge >= 0.3 is 0 Å². The van der Waals surface area contributed by atoms with Crippen molar-refractivity contribution in [3.63, 3.8) is 0 Å². The number of amidine groups is 2. The number of benzene rings is 10. The molecule has 0 radical (unpaired) electrons. The van der Waals surface area contributed by atoms with E-state index >= 15 is 0 Å². The van der Waals surface area contributed by atoms with Crippen LogP contribution in [0.25, 0.3) is 98.4 Å². The molecule has 0 saturated heterocycles. The van der Waals surface area contributed by atoms with Crippen LogP contribution in [0.15, 0.2) is 219 Å². The average molecular weight is 794 g/mol. The summed E-state index contributed by atoms with van der Waals surface area (Å²) in [5.74, 6) is 1.38. The highest BCUT2D eigenvalue weighted by Gasteiger charge is 2.26. The summed E-state index contributed by atoms with van der Waals surface area (Å²) in [5.41, 5.74) is 10.6. The van der Waals surface area contributed by atoms with Crippen molar-refractivity contribution < 1.29 is 8.83 Å². The third kappa shape index (κ3) is 5.49. The van der Waals surface area contributed by atoms with E-state index < -0.39 is 6.17 Å². The molecule has 1 aliphatic rings. The number of para-hydroxylation sites is 3. The van der Waals surface area contributed by atoms with E-state index in [2.05, 4.69) is 181 Å². The van der Waals surface area contributed by atoms with Gasteiger partial charge in [-0.1, -0.05) is 158 Å². The fourth-order valence-corrected chi connectivity index (χ4v) is 9.56. The van der Waals surface area contributed by atoms with Crippen molar-refractivity contribution in [3.8, 4) is 22.3 Å². The van der Waals surface area contributed by atoms with Gasteiger partial charge in [-0.3, -0.25) is 0 Å². The van der Waals surface area contributed by atoms with Crippen LogP contribution in [0, 0.1) is 0 Å². The molecule has 13 rings (SSSR count). The smallest absolute Gasteiger partial charge is 0.159 e. The molecule has 0 bridgehead atoms. The SMILES string of the molecule is c1ccc(-c2cc(-c3cc(C4=NC(c5cccc6c5oc5ccccc56)NC(c5ccc6c(ccc7ccccc76)c5)=N4)cc4ccccc34)c3c(c2)oc2ccccc23)cc1. The van der Waals surface area contributed by atoms with Gasteiger partial charge in [0.25, 0.3) is 0 Å². The van der Waals surface area contributed by atoms with Crippen molar-refractivity contribution in [3.05, 3.63) is 217 Å². The van der Waals surface area contributed by atoms with Crippen LogP contribution < -0.4 is 5.32 Å². The highest BCUT2D eigenvalue weighted by atomic mass is 16.3. The number of nitrogens with one attached hydrogen (secondary N) is 1. The lowest BCUT2D eigenvalue weighted by molar-refractivity contribution is 0.628. The van der Waals surface area contributed by atoms with Gasteiger partial charge in [-0.2, -0.15) is 0 Å². The number of hydrogen-bond donors (Lipinski definition) is 1. The summed E-state index contributed by atoms with van der Waals surface area (Å²) < 4.78 is 13.2. The van der Waals surface area contributed by atoms with Crippen LogP contribution in [0.1, 0.15) is 22.9 Å². The van der Waals surface area contributed by atoms with Gasteiger partial charge < -0.3 is 14.2 Å². The van der Waals surface area contributed by atoms with E-state index in [4.69, 9.17) is 18.8 Å². The Bertz CT molecular complexity index is 3850. The van der Waals surface area contributed by atoms with E-state index in [9.17, 15) is 0 Å². The third-order valence-corrected chi connectivity index (χ3v) is 12.5. The Morgan fingerprint density at radius 1 is 0.387 bits per heavy atom. The fourth-order valence-electron chi connectivity index (χ4n) is 9.56. The van der Waals surface area contributed by atoms with Gasteiger partial charge in [0.1, 0.15) is 28.2 Å². The third-order valence-electron chi connectivity index (χ3n) is 12.5. The van der Waals surface area contributed by atoms with E-state index in [1.807, 2.05) is 24.3 Å². The average Bonchev–Trinajstić information content (AvgIpc) is 3.92. The maximum Gasteiger partial charge on any atom is 0.159 e. The van der Waals surface area contributed by atoms with Gasteiger partial charge in [-0.25, -0.2) is 9.98 Å². The van der Waals surface area contributed by atoms with Crippen LogP contribution in [0.3, 0.4) is 0 Å². The number of aliphatic imine (C=N–C) groups is 2. The van der Waals surface area contributed by atoms with Crippen molar-refractivity contribution in [1.82, 2.24) is 5.32 Å². The molecule has 1 unspecified atom stereocenters. The van der Waals surface area contributed by atoms with E-state index in [1.54, 1.807) is 0 Å². The molecule has 1 aliphatic heterocycles. The van der Waals surface area contributed by atoms with Crippen LogP contribution in [0.5, 0.6) is 0 Å². The number of hydrogen-bond acceptors (Lipinski definition) is 5. The maximum atomic E-state index is 6.61. The summed E-state index contributed by atoms with van der Waals surface area (Å²) in [6.07, 6.45) is -0.491. The first-order chi connectivity index (χ1) is 30.7. The Kier molecular flexibility index (Phi) is 7.60. The number of rotatable bonds is 5. The molecule has 2 aromatic heterocycles. The normalized spacial score (nSPS) is 14.3. The minimum absolute atomic E-state index is 0.491. The maximum absolute atomic E-state index is 6.61. The quantitative estimate of drug-likeness (QED) is 0.177. The molecular formula is C57H35N3O2. The van der Waals surface area contributed by atoms with Gasteiger partial charge in [-0.05, 0) is 97.0 Å². The van der Waals surface area contributed by atoms with Crippen LogP contribution in [-0.4, -0.2) is 11.7 Å². The minimum Gasteiger partial charge on any atom is -0.456 e. The second kappa shape index (κ2) is 13.6. The molecule has 0 spiro atoms. The Hall–Kier alpha value is -8.28. The lowest BCUT2D eigenvalue weighted by Crippen LogP contribution is -2.33. The summed E-state index contributed by atoms with van der Waals surface area (Å²) >= 11 is 0. The van der Waals surface area contributed by atoms with Crippen LogP contribution in [0.2, 0.25) is 0 Å². The van der Waals surface area contributed by atoms with Crippen LogP contribution in [0.4, 0.5) is 0 Å². The Balaban J connectivity index is 1.05. The predicted molar refractivity (Wildman–Crippen MR) is 256 cm³/mol. The number of fused-ring (bicyclic) bond motifs is 10. The van der Waals surface area contributed by atoms with E-state index in [0.717, 1.165) is 105 Å². The molecule has 10 aromatic carbocycles. The van der Waals surface area contributed by atoms with Gasteiger partial charge in [0.05, 0.1) is 0 Å². The van der Waals surface area contributed by atoms with E-state index in [0.29, 0.717) is 5.84 Å². The lowest BCUT2D eigenvalue weighted by Gasteiger charge is -2.24. The van der Waals surface area contributed by atoms with E-state index in [1.165, 1.54) is 16.2 Å². The standard InChI is InChI=1S/C57H35N3O2/c1-2-13-34(14-3-1)39-31-49(53-46-20-9-11-24-51(46)61-52(53)33-39)48-32-40(30-36-16-5-7-18-42(36)48)56-58-55(38-27-28-43-37(29-38)26-25-35-15-4-6-17-41(35)43)59-57(60-56)47-22-12-21-45-44-19-8-10-23-50(44)62-54(45)47/h1-33,57H,(H,58,59,60). The van der Waals surface area contributed by atoms with Crippen molar-refractivity contribution in [2.75, 3.05) is 0 Å². The molecule has 1 atom stereocenters. The van der Waals surface area contributed by atoms with Crippen molar-refractivity contribution in [2.24, 2.45) is 9.98 Å². The van der Waals surface area contributed by atoms with Gasteiger partial charge in [-0.15, -0.1) is 0 Å². The van der Waals surface area contributed by atoms with Crippen molar-refractivity contribution in [2.45, 2.75) is 6.17 Å². The molecule has 0 saturated carbocycles. The first-order valence-electron chi connectivity index (χ1n) is 21.0. The molecule has 5 heteroatoms. The molecule has 1 N–H and O–H groups in total.